The van der Waals surface area contributed by atoms with E-state index in [4.69, 9.17) is 39.5 Å². The van der Waals surface area contributed by atoms with Gasteiger partial charge in [0.25, 0.3) is 0 Å². The zero-order valence-electron chi connectivity index (χ0n) is 15.0. The third-order valence-corrected chi connectivity index (χ3v) is 5.09. The standard InChI is InChI=1S/C22H18Cl3NO/c1-14-6-8-16(9-7-14)13-27-22-19(24)10-17(11-20(22)25)12-26-21-5-3-4-18(23)15(21)2/h3-12H,13H2,1-2H3. The van der Waals surface area contributed by atoms with Gasteiger partial charge >= 0.3 is 0 Å². The molecular formula is C22H18Cl3NO. The van der Waals surface area contributed by atoms with E-state index in [0.717, 1.165) is 22.4 Å². The number of aryl methyl sites for hydroxylation is 1. The fourth-order valence-electron chi connectivity index (χ4n) is 2.51. The second-order valence-corrected chi connectivity index (χ2v) is 7.45. The van der Waals surface area contributed by atoms with Crippen LogP contribution in [-0.2, 0) is 6.61 Å². The van der Waals surface area contributed by atoms with Crippen molar-refractivity contribution in [3.05, 3.63) is 91.9 Å². The highest BCUT2D eigenvalue weighted by molar-refractivity contribution is 6.37. The molecule has 0 radical (unpaired) electrons. The lowest BCUT2D eigenvalue weighted by Gasteiger charge is -2.11. The Morgan fingerprint density at radius 1 is 0.889 bits per heavy atom. The fraction of sp³-hybridized carbons (Fsp3) is 0.136. The van der Waals surface area contributed by atoms with Crippen molar-refractivity contribution in [1.82, 2.24) is 0 Å². The summed E-state index contributed by atoms with van der Waals surface area (Å²) in [6, 6.07) is 17.3. The SMILES string of the molecule is Cc1ccc(COc2c(Cl)cc(C=Nc3cccc(Cl)c3C)cc2Cl)cc1. The van der Waals surface area contributed by atoms with Crippen LogP contribution in [0.5, 0.6) is 5.75 Å². The van der Waals surface area contributed by atoms with E-state index in [9.17, 15) is 0 Å². The number of halogens is 3. The summed E-state index contributed by atoms with van der Waals surface area (Å²) < 4.78 is 5.82. The van der Waals surface area contributed by atoms with Gasteiger partial charge in [-0.1, -0.05) is 70.7 Å². The van der Waals surface area contributed by atoms with E-state index in [1.807, 2.05) is 56.3 Å². The summed E-state index contributed by atoms with van der Waals surface area (Å²) in [6.07, 6.45) is 1.71. The lowest BCUT2D eigenvalue weighted by Crippen LogP contribution is -1.97. The fourth-order valence-corrected chi connectivity index (χ4v) is 3.29. The van der Waals surface area contributed by atoms with Crippen molar-refractivity contribution in [2.75, 3.05) is 0 Å². The van der Waals surface area contributed by atoms with Gasteiger partial charge in [-0.15, -0.1) is 0 Å². The molecule has 0 atom stereocenters. The van der Waals surface area contributed by atoms with Crippen molar-refractivity contribution in [3.8, 4) is 5.75 Å². The predicted molar refractivity (Wildman–Crippen MR) is 115 cm³/mol. The van der Waals surface area contributed by atoms with Crippen molar-refractivity contribution in [1.29, 1.82) is 0 Å². The van der Waals surface area contributed by atoms with Crippen LogP contribution in [0.15, 0.2) is 59.6 Å². The summed E-state index contributed by atoms with van der Waals surface area (Å²) in [5, 5.41) is 1.57. The molecule has 0 saturated carbocycles. The van der Waals surface area contributed by atoms with E-state index in [0.29, 0.717) is 27.4 Å². The Labute approximate surface area is 174 Å². The minimum Gasteiger partial charge on any atom is -0.486 e. The Morgan fingerprint density at radius 3 is 2.22 bits per heavy atom. The molecule has 3 aromatic carbocycles. The lowest BCUT2D eigenvalue weighted by atomic mass is 10.2. The van der Waals surface area contributed by atoms with Gasteiger partial charge in [-0.25, -0.2) is 0 Å². The van der Waals surface area contributed by atoms with Crippen LogP contribution in [0.4, 0.5) is 5.69 Å². The monoisotopic (exact) mass is 417 g/mol. The highest BCUT2D eigenvalue weighted by Gasteiger charge is 2.10. The number of rotatable bonds is 5. The van der Waals surface area contributed by atoms with E-state index in [2.05, 4.69) is 4.99 Å². The molecule has 138 valence electrons. The van der Waals surface area contributed by atoms with Crippen molar-refractivity contribution in [2.45, 2.75) is 20.5 Å². The second kappa shape index (κ2) is 8.79. The largest absolute Gasteiger partial charge is 0.486 e. The molecule has 2 nitrogen and oxygen atoms in total. The Balaban J connectivity index is 1.77. The molecule has 0 heterocycles. The molecule has 0 spiro atoms. The van der Waals surface area contributed by atoms with Crippen LogP contribution in [0.3, 0.4) is 0 Å². The van der Waals surface area contributed by atoms with Gasteiger partial charge in [0.1, 0.15) is 6.61 Å². The summed E-state index contributed by atoms with van der Waals surface area (Å²) >= 11 is 18.9. The molecule has 0 amide bonds. The summed E-state index contributed by atoms with van der Waals surface area (Å²) in [7, 11) is 0. The minimum atomic E-state index is 0.398. The summed E-state index contributed by atoms with van der Waals surface area (Å²) in [5.41, 5.74) is 4.76. The van der Waals surface area contributed by atoms with Gasteiger partial charge in [0, 0.05) is 11.2 Å². The van der Waals surface area contributed by atoms with Gasteiger partial charge in [0.05, 0.1) is 15.7 Å². The zero-order valence-corrected chi connectivity index (χ0v) is 17.2. The quantitative estimate of drug-likeness (QED) is 0.391. The summed E-state index contributed by atoms with van der Waals surface area (Å²) in [6.45, 7) is 4.37. The maximum atomic E-state index is 6.37. The van der Waals surface area contributed by atoms with Gasteiger partial charge in [0.2, 0.25) is 0 Å². The number of aliphatic imine (C=N–C) groups is 1. The molecule has 0 saturated heterocycles. The highest BCUT2D eigenvalue weighted by atomic mass is 35.5. The van der Waals surface area contributed by atoms with Gasteiger partial charge in [-0.05, 0) is 54.8 Å². The van der Waals surface area contributed by atoms with Crippen LogP contribution in [0.1, 0.15) is 22.3 Å². The predicted octanol–water partition coefficient (Wildman–Crippen LogP) is 7.59. The third kappa shape index (κ3) is 5.04. The molecule has 3 aromatic rings. The molecular weight excluding hydrogens is 401 g/mol. The molecule has 27 heavy (non-hydrogen) atoms. The third-order valence-electron chi connectivity index (χ3n) is 4.12. The first kappa shape index (κ1) is 19.8. The van der Waals surface area contributed by atoms with Crippen molar-refractivity contribution < 1.29 is 4.74 Å². The summed E-state index contributed by atoms with van der Waals surface area (Å²) in [5.74, 6) is 0.468. The first-order valence-corrected chi connectivity index (χ1v) is 9.54. The molecule has 0 unspecified atom stereocenters. The molecule has 0 fully saturated rings. The molecule has 0 aliphatic rings. The van der Waals surface area contributed by atoms with E-state index in [-0.39, 0.29) is 0 Å². The van der Waals surface area contributed by atoms with E-state index >= 15 is 0 Å². The van der Waals surface area contributed by atoms with E-state index in [1.165, 1.54) is 5.56 Å². The molecule has 5 heteroatoms. The van der Waals surface area contributed by atoms with E-state index < -0.39 is 0 Å². The topological polar surface area (TPSA) is 21.6 Å². The van der Waals surface area contributed by atoms with Crippen LogP contribution < -0.4 is 4.74 Å². The minimum absolute atomic E-state index is 0.398. The number of hydrogen-bond acceptors (Lipinski definition) is 2. The zero-order chi connectivity index (χ0) is 19.4. The van der Waals surface area contributed by atoms with Gasteiger partial charge in [-0.2, -0.15) is 0 Å². The van der Waals surface area contributed by atoms with Crippen LogP contribution in [0.25, 0.3) is 0 Å². The number of nitrogens with zero attached hydrogens (tertiary/aromatic N) is 1. The molecule has 0 aromatic heterocycles. The highest BCUT2D eigenvalue weighted by Crippen LogP contribution is 2.35. The Morgan fingerprint density at radius 2 is 1.56 bits per heavy atom. The lowest BCUT2D eigenvalue weighted by molar-refractivity contribution is 0.306. The van der Waals surface area contributed by atoms with Gasteiger partial charge in [0.15, 0.2) is 5.75 Å². The first-order valence-electron chi connectivity index (χ1n) is 8.40. The van der Waals surface area contributed by atoms with Crippen molar-refractivity contribution in [2.24, 2.45) is 4.99 Å². The smallest absolute Gasteiger partial charge is 0.157 e. The van der Waals surface area contributed by atoms with Crippen LogP contribution in [0, 0.1) is 13.8 Å². The molecule has 3 rings (SSSR count). The second-order valence-electron chi connectivity index (χ2n) is 6.23. The van der Waals surface area contributed by atoms with E-state index in [1.54, 1.807) is 18.3 Å². The first-order chi connectivity index (χ1) is 12.9. The molecule has 0 aliphatic heterocycles. The molecule has 0 N–H and O–H groups in total. The van der Waals surface area contributed by atoms with Gasteiger partial charge in [-0.3, -0.25) is 4.99 Å². The Kier molecular flexibility index (Phi) is 6.43. The van der Waals surface area contributed by atoms with Crippen LogP contribution >= 0.6 is 34.8 Å². The molecule has 0 aliphatic carbocycles. The van der Waals surface area contributed by atoms with Crippen LogP contribution in [-0.4, -0.2) is 6.21 Å². The number of hydrogen-bond donors (Lipinski definition) is 0. The maximum Gasteiger partial charge on any atom is 0.157 e. The van der Waals surface area contributed by atoms with Crippen molar-refractivity contribution >= 4 is 46.7 Å². The number of ether oxygens (including phenoxy) is 1. The average molecular weight is 419 g/mol. The Bertz CT molecular complexity index is 958. The van der Waals surface area contributed by atoms with Crippen molar-refractivity contribution in [3.63, 3.8) is 0 Å². The normalized spacial score (nSPS) is 11.1. The molecule has 0 bridgehead atoms. The number of benzene rings is 3. The summed E-state index contributed by atoms with van der Waals surface area (Å²) in [4.78, 5) is 4.48. The average Bonchev–Trinajstić information content (AvgIpc) is 2.64. The Hall–Kier alpha value is -2.00. The van der Waals surface area contributed by atoms with Gasteiger partial charge < -0.3 is 4.74 Å². The maximum absolute atomic E-state index is 6.37. The van der Waals surface area contributed by atoms with Crippen LogP contribution in [0.2, 0.25) is 15.1 Å².